The van der Waals surface area contributed by atoms with Crippen LogP contribution in [0.4, 0.5) is 5.69 Å². The molecule has 0 aliphatic heterocycles. The Kier molecular flexibility index (Phi) is 7.62. The quantitative estimate of drug-likeness (QED) is 0.371. The molecule has 10 nitrogen and oxygen atoms in total. The van der Waals surface area contributed by atoms with Crippen molar-refractivity contribution in [2.45, 2.75) is 33.4 Å². The molecule has 3 aromatic rings. The number of hydrogen-bond acceptors (Lipinski definition) is 6. The van der Waals surface area contributed by atoms with Gasteiger partial charge in [0.25, 0.3) is 17.2 Å². The summed E-state index contributed by atoms with van der Waals surface area (Å²) in [6.45, 7) is 5.68. The molecule has 178 valence electrons. The summed E-state index contributed by atoms with van der Waals surface area (Å²) < 4.78 is 0. The molecule has 2 amide bonds. The van der Waals surface area contributed by atoms with Gasteiger partial charge >= 0.3 is 0 Å². The summed E-state index contributed by atoms with van der Waals surface area (Å²) in [6, 6.07) is 9.68. The molecule has 1 unspecified atom stereocenters. The molecule has 0 radical (unpaired) electrons. The third kappa shape index (κ3) is 5.40. The van der Waals surface area contributed by atoms with Gasteiger partial charge in [0.15, 0.2) is 0 Å². The Bertz CT molecular complexity index is 1310. The number of carbonyl (C=O) groups is 2. The number of likely N-dealkylation sites (N-methyl/N-ethyl adjacent to an activating group) is 1. The summed E-state index contributed by atoms with van der Waals surface area (Å²) in [7, 11) is 0. The van der Waals surface area contributed by atoms with Crippen molar-refractivity contribution in [1.29, 1.82) is 0 Å². The number of hydrogen-bond donors (Lipinski definition) is 2. The molecule has 1 atom stereocenters. The standard InChI is InChI=1S/C23H24ClN5O5/c1-4-28(12-19-25-17-8-6-5-7-15(17)22(31)26-19)23(32)20(13(2)3)27-21(30)14-9-10-16(24)18(11-14)29(33)34/h5-11,13,20H,4,12H2,1-3H3,(H,27,30)(H,25,26,31). The van der Waals surface area contributed by atoms with Gasteiger partial charge in [-0.1, -0.05) is 37.6 Å². The van der Waals surface area contributed by atoms with Crippen molar-refractivity contribution >= 4 is 40.0 Å². The Morgan fingerprint density at radius 1 is 1.24 bits per heavy atom. The second kappa shape index (κ2) is 10.4. The van der Waals surface area contributed by atoms with Crippen molar-refractivity contribution < 1.29 is 14.5 Å². The van der Waals surface area contributed by atoms with E-state index in [9.17, 15) is 24.5 Å². The second-order valence-electron chi connectivity index (χ2n) is 8.00. The van der Waals surface area contributed by atoms with Crippen LogP contribution in [0.25, 0.3) is 10.9 Å². The predicted octanol–water partition coefficient (Wildman–Crippen LogP) is 3.29. The average molecular weight is 486 g/mol. The highest BCUT2D eigenvalue weighted by Crippen LogP contribution is 2.25. The number of aromatic amines is 1. The zero-order valence-electron chi connectivity index (χ0n) is 18.9. The lowest BCUT2D eigenvalue weighted by Gasteiger charge is -2.28. The van der Waals surface area contributed by atoms with Gasteiger partial charge < -0.3 is 15.2 Å². The van der Waals surface area contributed by atoms with Gasteiger partial charge in [-0.25, -0.2) is 4.98 Å². The molecule has 34 heavy (non-hydrogen) atoms. The Labute approximate surface area is 200 Å². The molecular weight excluding hydrogens is 462 g/mol. The van der Waals surface area contributed by atoms with E-state index in [2.05, 4.69) is 15.3 Å². The summed E-state index contributed by atoms with van der Waals surface area (Å²) in [5.74, 6) is -0.970. The molecule has 0 saturated heterocycles. The highest BCUT2D eigenvalue weighted by Gasteiger charge is 2.29. The molecule has 0 saturated carbocycles. The molecule has 2 N–H and O–H groups in total. The predicted molar refractivity (Wildman–Crippen MR) is 128 cm³/mol. The number of H-pyrrole nitrogens is 1. The van der Waals surface area contributed by atoms with E-state index >= 15 is 0 Å². The van der Waals surface area contributed by atoms with Gasteiger partial charge in [-0.3, -0.25) is 24.5 Å². The van der Waals surface area contributed by atoms with E-state index in [4.69, 9.17) is 11.6 Å². The highest BCUT2D eigenvalue weighted by molar-refractivity contribution is 6.32. The van der Waals surface area contributed by atoms with Crippen molar-refractivity contribution in [2.24, 2.45) is 5.92 Å². The van der Waals surface area contributed by atoms with Crippen molar-refractivity contribution in [3.05, 3.63) is 79.3 Å². The number of rotatable bonds is 8. The molecule has 3 rings (SSSR count). The summed E-state index contributed by atoms with van der Waals surface area (Å²) in [5.41, 5.74) is -0.175. The Hall–Kier alpha value is -3.79. The largest absolute Gasteiger partial charge is 0.340 e. The van der Waals surface area contributed by atoms with Gasteiger partial charge in [0.05, 0.1) is 22.4 Å². The highest BCUT2D eigenvalue weighted by atomic mass is 35.5. The average Bonchev–Trinajstić information content (AvgIpc) is 2.80. The monoisotopic (exact) mass is 485 g/mol. The van der Waals surface area contributed by atoms with E-state index in [1.165, 1.54) is 17.0 Å². The van der Waals surface area contributed by atoms with Crippen LogP contribution in [0.5, 0.6) is 0 Å². The molecular formula is C23H24ClN5O5. The number of benzene rings is 2. The molecule has 0 bridgehead atoms. The first-order valence-electron chi connectivity index (χ1n) is 10.6. The maximum absolute atomic E-state index is 13.3. The SMILES string of the molecule is CCN(Cc1nc2ccccc2c(=O)[nH]1)C(=O)C(NC(=O)c1ccc(Cl)c([N+](=O)[O-])c1)C(C)C. The van der Waals surface area contributed by atoms with Gasteiger partial charge in [0, 0.05) is 18.2 Å². The lowest BCUT2D eigenvalue weighted by Crippen LogP contribution is -2.51. The molecule has 0 fully saturated rings. The molecule has 0 aliphatic rings. The Morgan fingerprint density at radius 2 is 1.94 bits per heavy atom. The summed E-state index contributed by atoms with van der Waals surface area (Å²) in [5, 5.41) is 14.2. The third-order valence-electron chi connectivity index (χ3n) is 5.32. The molecule has 1 aromatic heterocycles. The van der Waals surface area contributed by atoms with Crippen molar-refractivity contribution in [3.63, 3.8) is 0 Å². The summed E-state index contributed by atoms with van der Waals surface area (Å²) >= 11 is 5.82. The second-order valence-corrected chi connectivity index (χ2v) is 8.41. The minimum Gasteiger partial charge on any atom is -0.340 e. The van der Waals surface area contributed by atoms with Crippen molar-refractivity contribution in [3.8, 4) is 0 Å². The van der Waals surface area contributed by atoms with Crippen LogP contribution in [0.3, 0.4) is 0 Å². The van der Waals surface area contributed by atoms with Crippen molar-refractivity contribution in [1.82, 2.24) is 20.2 Å². The number of carbonyl (C=O) groups excluding carboxylic acids is 2. The number of aromatic nitrogens is 2. The van der Waals surface area contributed by atoms with E-state index in [1.54, 1.807) is 45.0 Å². The fourth-order valence-corrected chi connectivity index (χ4v) is 3.65. The third-order valence-corrected chi connectivity index (χ3v) is 5.64. The zero-order chi connectivity index (χ0) is 25.0. The minimum atomic E-state index is -0.908. The number of fused-ring (bicyclic) bond motifs is 1. The van der Waals surface area contributed by atoms with E-state index < -0.39 is 22.6 Å². The molecule has 11 heteroatoms. The van der Waals surface area contributed by atoms with Crippen LogP contribution in [0.15, 0.2) is 47.3 Å². The smallest absolute Gasteiger partial charge is 0.288 e. The maximum atomic E-state index is 13.3. The van der Waals surface area contributed by atoms with E-state index in [-0.39, 0.29) is 34.5 Å². The van der Waals surface area contributed by atoms with Crippen LogP contribution >= 0.6 is 11.6 Å². The van der Waals surface area contributed by atoms with Gasteiger partial charge in [-0.05, 0) is 37.1 Å². The fraction of sp³-hybridized carbons (Fsp3) is 0.304. The van der Waals surface area contributed by atoms with Crippen LogP contribution in [0.1, 0.15) is 37.0 Å². The van der Waals surface area contributed by atoms with Crippen LogP contribution in [-0.2, 0) is 11.3 Å². The first-order valence-corrected chi connectivity index (χ1v) is 11.0. The summed E-state index contributed by atoms with van der Waals surface area (Å²) in [4.78, 5) is 57.6. The lowest BCUT2D eigenvalue weighted by molar-refractivity contribution is -0.384. The number of nitrogens with one attached hydrogen (secondary N) is 2. The van der Waals surface area contributed by atoms with Crippen LogP contribution in [0, 0.1) is 16.0 Å². The first kappa shape index (κ1) is 24.8. The van der Waals surface area contributed by atoms with Crippen molar-refractivity contribution in [2.75, 3.05) is 6.54 Å². The number of nitro groups is 1. The van der Waals surface area contributed by atoms with Gasteiger partial charge in [-0.2, -0.15) is 0 Å². The maximum Gasteiger partial charge on any atom is 0.288 e. The van der Waals surface area contributed by atoms with Gasteiger partial charge in [0.1, 0.15) is 16.9 Å². The molecule has 0 aliphatic carbocycles. The lowest BCUT2D eigenvalue weighted by atomic mass is 10.0. The van der Waals surface area contributed by atoms with E-state index in [0.717, 1.165) is 6.07 Å². The fourth-order valence-electron chi connectivity index (χ4n) is 3.46. The minimum absolute atomic E-state index is 0.0122. The van der Waals surface area contributed by atoms with Gasteiger partial charge in [0.2, 0.25) is 5.91 Å². The molecule has 0 spiro atoms. The zero-order valence-corrected chi connectivity index (χ0v) is 19.6. The van der Waals surface area contributed by atoms with Gasteiger partial charge in [-0.15, -0.1) is 0 Å². The molecule has 1 heterocycles. The first-order chi connectivity index (χ1) is 16.1. The number of halogens is 1. The topological polar surface area (TPSA) is 138 Å². The number of nitro benzene ring substituents is 1. The van der Waals surface area contributed by atoms with Crippen LogP contribution in [-0.4, -0.2) is 44.2 Å². The normalized spacial score (nSPS) is 11.9. The van der Waals surface area contributed by atoms with E-state index in [1.807, 2.05) is 0 Å². The molecule has 2 aromatic carbocycles. The summed E-state index contributed by atoms with van der Waals surface area (Å²) in [6.07, 6.45) is 0. The van der Waals surface area contributed by atoms with E-state index in [0.29, 0.717) is 23.3 Å². The Morgan fingerprint density at radius 3 is 2.59 bits per heavy atom. The van der Waals surface area contributed by atoms with Crippen LogP contribution in [0.2, 0.25) is 5.02 Å². The number of para-hydroxylation sites is 1. The Balaban J connectivity index is 1.83. The number of nitrogens with zero attached hydrogens (tertiary/aromatic N) is 3. The van der Waals surface area contributed by atoms with Crippen LogP contribution < -0.4 is 10.9 Å². The number of amides is 2.